The zero-order valence-corrected chi connectivity index (χ0v) is 60.4. The third-order valence-electron chi connectivity index (χ3n) is 16.4. The van der Waals surface area contributed by atoms with E-state index < -0.39 is 67.4 Å². The Morgan fingerprint density at radius 3 is 1.01 bits per heavy atom. The molecule has 14 rings (SSSR count). The van der Waals surface area contributed by atoms with Crippen molar-refractivity contribution in [3.8, 4) is 0 Å². The first kappa shape index (κ1) is 71.5. The van der Waals surface area contributed by atoms with Crippen molar-refractivity contribution in [2.24, 2.45) is 0 Å². The van der Waals surface area contributed by atoms with Crippen molar-refractivity contribution in [3.05, 3.63) is 314 Å². The number of nitrogens with one attached hydrogen (secondary N) is 3. The van der Waals surface area contributed by atoms with E-state index in [-0.39, 0.29) is 65.0 Å². The maximum absolute atomic E-state index is 13.4. The SMILES string of the molecule is O=C(c1ccc(F)cc1)c1cccc(C2(c3ccsc3)CC(=O)C(Sc3ccccc3Cl)C(=O)N2)n1.O=C(c1ccc(F)cc1)c1cccc(C2(c3ccsc3)CC(=O)C(Sc3ccccc3Cl)C(=O)N2)n1.O=C1CC(c2ccsc2)(c2cccc(Br)n2)NC(=O)C1Sc1ccccc1Cl. The molecule has 100 heavy (non-hydrogen) atoms. The fourth-order valence-electron chi connectivity index (χ4n) is 11.5. The third kappa shape index (κ3) is 15.4. The van der Waals surface area contributed by atoms with Crippen LogP contribution in [0.15, 0.2) is 246 Å². The number of piperidine rings is 3. The van der Waals surface area contributed by atoms with Gasteiger partial charge in [0.2, 0.25) is 29.3 Å². The van der Waals surface area contributed by atoms with Crippen LogP contribution in [0.3, 0.4) is 0 Å². The van der Waals surface area contributed by atoms with Gasteiger partial charge in [0.15, 0.2) is 17.3 Å². The Hall–Kier alpha value is -8.33. The number of carbonyl (C=O) groups is 8. The predicted molar refractivity (Wildman–Crippen MR) is 392 cm³/mol. The second-order valence-corrected chi connectivity index (χ2v) is 30.6. The van der Waals surface area contributed by atoms with Gasteiger partial charge in [-0.2, -0.15) is 34.0 Å². The number of amides is 3. The van der Waals surface area contributed by atoms with Gasteiger partial charge in [-0.15, -0.1) is 35.3 Å². The largest absolute Gasteiger partial charge is 0.339 e. The minimum Gasteiger partial charge on any atom is -0.339 e. The van der Waals surface area contributed by atoms with Crippen LogP contribution in [0.2, 0.25) is 15.1 Å². The molecule has 0 aliphatic carbocycles. The molecular weight excluding hydrogens is 1520 g/mol. The molecule has 0 bridgehead atoms. The van der Waals surface area contributed by atoms with Gasteiger partial charge in [-0.1, -0.05) is 89.4 Å². The summed E-state index contributed by atoms with van der Waals surface area (Å²) in [5.41, 5.74) is 1.01. The number of nitrogens with zero attached hydrogens (tertiary/aromatic N) is 3. The normalized spacial score (nSPS) is 20.4. The van der Waals surface area contributed by atoms with Crippen LogP contribution in [0.25, 0.3) is 0 Å². The standard InChI is InChI=1S/2C27H18ClFN2O3S2.C20H14BrClN2O2S2/c2*28-19-4-1-2-6-22(19)36-25-21(32)14-27(31-26(25)34,17-12-13-35-15-17)23-7-3-5-20(30-23)24(33)16-8-10-18(29)11-9-16;21-17-7-3-6-16(23-17)20(12-8-9-27-11-12)10-14(25)18(19(26)24-20)28-15-5-2-1-4-13(15)22/h2*1-13,15,25H,14H2,(H,31,34);1-9,11,18H,10H2,(H,24,26). The van der Waals surface area contributed by atoms with Gasteiger partial charge in [0.25, 0.3) is 0 Å². The Morgan fingerprint density at radius 2 is 0.720 bits per heavy atom. The Kier molecular flexibility index (Phi) is 22.4. The number of ketones is 5. The molecule has 3 aliphatic heterocycles. The summed E-state index contributed by atoms with van der Waals surface area (Å²) >= 11 is 29.9. The Morgan fingerprint density at radius 1 is 0.410 bits per heavy atom. The van der Waals surface area contributed by atoms with Gasteiger partial charge in [-0.05, 0) is 204 Å². The maximum Gasteiger partial charge on any atom is 0.242 e. The van der Waals surface area contributed by atoms with Gasteiger partial charge in [-0.3, -0.25) is 38.4 Å². The fourth-order valence-corrected chi connectivity index (χ4v) is 17.8. The van der Waals surface area contributed by atoms with E-state index in [0.29, 0.717) is 62.6 Å². The van der Waals surface area contributed by atoms with Crippen LogP contribution in [0.1, 0.15) is 85.1 Å². The summed E-state index contributed by atoms with van der Waals surface area (Å²) in [4.78, 5) is 122. The lowest BCUT2D eigenvalue weighted by Crippen LogP contribution is -2.58. The molecule has 5 aromatic carbocycles. The third-order valence-corrected chi connectivity index (χ3v) is 24.2. The molecule has 3 aliphatic rings. The van der Waals surface area contributed by atoms with Crippen molar-refractivity contribution in [2.75, 3.05) is 0 Å². The van der Waals surface area contributed by atoms with Crippen molar-refractivity contribution in [2.45, 2.75) is 66.3 Å². The molecular formula is C74H50BrCl3F2N6O8S6. The molecule has 0 saturated carbocycles. The first-order valence-electron chi connectivity index (χ1n) is 30.3. The van der Waals surface area contributed by atoms with Crippen molar-refractivity contribution < 1.29 is 47.1 Å². The van der Waals surface area contributed by atoms with Crippen molar-refractivity contribution in [1.82, 2.24) is 30.9 Å². The molecule has 3 fully saturated rings. The maximum atomic E-state index is 13.4. The number of hydrogen-bond acceptors (Lipinski definition) is 17. The summed E-state index contributed by atoms with van der Waals surface area (Å²) in [6.07, 6.45) is 0.0403. The van der Waals surface area contributed by atoms with Crippen LogP contribution in [0.4, 0.5) is 8.78 Å². The predicted octanol–water partition coefficient (Wildman–Crippen LogP) is 16.4. The van der Waals surface area contributed by atoms with E-state index in [2.05, 4.69) is 46.8 Å². The van der Waals surface area contributed by atoms with Crippen LogP contribution in [0.5, 0.6) is 0 Å². The highest BCUT2D eigenvalue weighted by atomic mass is 79.9. The molecule has 6 aromatic heterocycles. The summed E-state index contributed by atoms with van der Waals surface area (Å²) in [6, 6.07) is 52.6. The molecule has 6 unspecified atom stereocenters. The molecule has 9 heterocycles. The highest BCUT2D eigenvalue weighted by molar-refractivity contribution is 9.10. The highest BCUT2D eigenvalue weighted by Gasteiger charge is 2.52. The molecule has 0 radical (unpaired) electrons. The molecule has 11 aromatic rings. The molecule has 502 valence electrons. The second-order valence-electron chi connectivity index (χ2n) is 22.8. The van der Waals surface area contributed by atoms with Crippen LogP contribution < -0.4 is 16.0 Å². The smallest absolute Gasteiger partial charge is 0.242 e. The van der Waals surface area contributed by atoms with E-state index in [1.807, 2.05) is 86.9 Å². The number of thiophene rings is 3. The number of rotatable bonds is 16. The van der Waals surface area contributed by atoms with Gasteiger partial charge in [-0.25, -0.2) is 23.7 Å². The molecule has 3 saturated heterocycles. The average Bonchev–Trinajstić information content (AvgIpc) is 1.02. The van der Waals surface area contributed by atoms with Gasteiger partial charge in [0.05, 0.1) is 32.1 Å². The van der Waals surface area contributed by atoms with Crippen molar-refractivity contribution in [1.29, 1.82) is 0 Å². The minimum atomic E-state index is -1.23. The van der Waals surface area contributed by atoms with Crippen LogP contribution in [-0.4, -0.2) is 77.3 Å². The Labute approximate surface area is 619 Å². The average molecular weight is 1570 g/mol. The second kappa shape index (κ2) is 31.3. The first-order valence-corrected chi connectivity index (χ1v) is 37.7. The summed E-state index contributed by atoms with van der Waals surface area (Å²) in [6.45, 7) is 0. The number of aromatic nitrogens is 3. The molecule has 3 N–H and O–H groups in total. The summed E-state index contributed by atoms with van der Waals surface area (Å²) in [5, 5.41) is 19.1. The topological polar surface area (TPSA) is 211 Å². The van der Waals surface area contributed by atoms with E-state index in [0.717, 1.165) is 29.1 Å². The molecule has 0 spiro atoms. The van der Waals surface area contributed by atoms with Gasteiger partial charge in [0, 0.05) is 45.1 Å². The minimum absolute atomic E-state index is 0.0429. The number of benzene rings is 5. The zero-order chi connectivity index (χ0) is 70.3. The van der Waals surface area contributed by atoms with Crippen molar-refractivity contribution in [3.63, 3.8) is 0 Å². The van der Waals surface area contributed by atoms with Gasteiger partial charge in [0.1, 0.15) is 60.0 Å². The van der Waals surface area contributed by atoms with Crippen LogP contribution in [-0.2, 0) is 45.4 Å². The van der Waals surface area contributed by atoms with E-state index in [1.54, 1.807) is 91.0 Å². The van der Waals surface area contributed by atoms with E-state index in [1.165, 1.54) is 94.3 Å². The van der Waals surface area contributed by atoms with E-state index in [4.69, 9.17) is 34.8 Å². The monoisotopic (exact) mass is 1560 g/mol. The zero-order valence-electron chi connectivity index (χ0n) is 51.6. The Bertz CT molecular complexity index is 4650. The lowest BCUT2D eigenvalue weighted by Gasteiger charge is -2.39. The number of halogens is 6. The number of carbonyl (C=O) groups excluding carboxylic acids is 8. The quantitative estimate of drug-likeness (QED) is 0.0467. The lowest BCUT2D eigenvalue weighted by atomic mass is 9.79. The van der Waals surface area contributed by atoms with Gasteiger partial charge < -0.3 is 16.0 Å². The van der Waals surface area contributed by atoms with Crippen LogP contribution in [0, 0.1) is 11.6 Å². The molecule has 6 atom stereocenters. The number of pyridine rings is 3. The molecule has 14 nitrogen and oxygen atoms in total. The number of Topliss-reactive ketones (excluding diaryl/α,β-unsaturated/α-hetero) is 3. The summed E-state index contributed by atoms with van der Waals surface area (Å²) in [7, 11) is 0. The van der Waals surface area contributed by atoms with E-state index >= 15 is 0 Å². The number of hydrogen-bond donors (Lipinski definition) is 3. The first-order chi connectivity index (χ1) is 48.2. The van der Waals surface area contributed by atoms with Crippen molar-refractivity contribution >= 4 is 167 Å². The number of thioether (sulfide) groups is 3. The summed E-state index contributed by atoms with van der Waals surface area (Å²) < 4.78 is 27.3. The van der Waals surface area contributed by atoms with E-state index in [9.17, 15) is 47.1 Å². The Balaban J connectivity index is 0.000000143. The molecule has 26 heteroatoms. The van der Waals surface area contributed by atoms with Crippen LogP contribution >= 0.6 is 120 Å². The fraction of sp³-hybridized carbons (Fsp3) is 0.122. The lowest BCUT2D eigenvalue weighted by molar-refractivity contribution is -0.134. The summed E-state index contributed by atoms with van der Waals surface area (Å²) in [5.74, 6) is -3.63. The molecule has 3 amide bonds. The highest BCUT2D eigenvalue weighted by Crippen LogP contribution is 2.45. The van der Waals surface area contributed by atoms with Gasteiger partial charge >= 0.3 is 0 Å².